The number of hydrogen-bond acceptors (Lipinski definition) is 3. The van der Waals surface area contributed by atoms with Gasteiger partial charge in [0.05, 0.1) is 18.0 Å². The maximum Gasteiger partial charge on any atom is 0.244 e. The lowest BCUT2D eigenvalue weighted by Gasteiger charge is -2.30. The summed E-state index contributed by atoms with van der Waals surface area (Å²) in [6.45, 7) is 7.59. The molecule has 1 N–H and O–H groups in total. The Hall–Kier alpha value is -2.34. The average molecular weight is 443 g/mol. The highest BCUT2D eigenvalue weighted by molar-refractivity contribution is 7.92. The Kier molecular flexibility index (Phi) is 7.10. The summed E-state index contributed by atoms with van der Waals surface area (Å²) in [5.41, 5.74) is 6.43. The van der Waals surface area contributed by atoms with E-state index in [-0.39, 0.29) is 11.9 Å². The fourth-order valence-electron chi connectivity index (χ4n) is 4.36. The Bertz CT molecular complexity index is 1060. The Balaban J connectivity index is 1.84. The molecule has 0 radical (unpaired) electrons. The van der Waals surface area contributed by atoms with Gasteiger partial charge in [-0.3, -0.25) is 9.10 Å². The molecule has 6 heteroatoms. The third kappa shape index (κ3) is 5.29. The number of sulfonamides is 1. The van der Waals surface area contributed by atoms with E-state index >= 15 is 0 Å². The second kappa shape index (κ2) is 9.43. The van der Waals surface area contributed by atoms with Gasteiger partial charge in [-0.2, -0.15) is 0 Å². The largest absolute Gasteiger partial charge is 0.347 e. The molecule has 1 aliphatic carbocycles. The minimum absolute atomic E-state index is 0.150. The number of carbonyl (C=O) groups excluding carboxylic acids is 1. The highest BCUT2D eigenvalue weighted by Gasteiger charge is 2.30. The molecule has 168 valence electrons. The fourth-order valence-corrected chi connectivity index (χ4v) is 5.52. The molecule has 31 heavy (non-hydrogen) atoms. The topological polar surface area (TPSA) is 66.5 Å². The van der Waals surface area contributed by atoms with E-state index in [1.165, 1.54) is 28.3 Å². The van der Waals surface area contributed by atoms with Crippen molar-refractivity contribution in [2.24, 2.45) is 0 Å². The first kappa shape index (κ1) is 23.3. The quantitative estimate of drug-likeness (QED) is 0.681. The minimum Gasteiger partial charge on any atom is -0.347 e. The van der Waals surface area contributed by atoms with Crippen LogP contribution in [0, 0.1) is 13.8 Å². The van der Waals surface area contributed by atoms with Crippen molar-refractivity contribution in [1.82, 2.24) is 5.32 Å². The van der Waals surface area contributed by atoms with Crippen molar-refractivity contribution in [3.8, 4) is 0 Å². The lowest BCUT2D eigenvalue weighted by molar-refractivity contribution is -0.122. The number of nitrogens with one attached hydrogen (secondary N) is 1. The van der Waals surface area contributed by atoms with E-state index in [0.717, 1.165) is 42.2 Å². The lowest BCUT2D eigenvalue weighted by Crippen LogP contribution is -2.48. The first-order valence-electron chi connectivity index (χ1n) is 11.1. The molecule has 2 atom stereocenters. The number of benzene rings is 2. The standard InChI is InChI=1S/C25H34N2O3S/c1-6-24(22-13-12-20-9-7-8-10-21(20)16-22)26-25(28)19(4)27(31(5,29)30)23-14-11-17(2)18(3)15-23/h11-16,19,24H,6-10H2,1-5H3,(H,26,28)/t19-,24-/m0/s1. The second-order valence-corrected chi connectivity index (χ2v) is 10.6. The molecule has 0 heterocycles. The van der Waals surface area contributed by atoms with Crippen LogP contribution in [0.5, 0.6) is 0 Å². The number of amides is 1. The molecular formula is C25H34N2O3S. The van der Waals surface area contributed by atoms with Crippen LogP contribution in [-0.4, -0.2) is 26.6 Å². The van der Waals surface area contributed by atoms with Crippen molar-refractivity contribution < 1.29 is 13.2 Å². The third-order valence-electron chi connectivity index (χ3n) is 6.33. The normalized spacial score (nSPS) is 15.6. The molecule has 5 nitrogen and oxygen atoms in total. The zero-order valence-corrected chi connectivity index (χ0v) is 20.1. The molecule has 2 aromatic carbocycles. The van der Waals surface area contributed by atoms with Crippen LogP contribution in [0.25, 0.3) is 0 Å². The molecule has 1 amide bonds. The smallest absolute Gasteiger partial charge is 0.244 e. The van der Waals surface area contributed by atoms with Gasteiger partial charge in [0.1, 0.15) is 6.04 Å². The molecule has 0 saturated heterocycles. The number of aryl methyl sites for hydroxylation is 4. The zero-order chi connectivity index (χ0) is 22.8. The van der Waals surface area contributed by atoms with Crippen LogP contribution < -0.4 is 9.62 Å². The number of hydrogen-bond donors (Lipinski definition) is 1. The van der Waals surface area contributed by atoms with Gasteiger partial charge in [0.2, 0.25) is 15.9 Å². The molecule has 0 fully saturated rings. The van der Waals surface area contributed by atoms with Gasteiger partial charge in [-0.05, 0) is 92.8 Å². The van der Waals surface area contributed by atoms with Crippen LogP contribution in [0.15, 0.2) is 36.4 Å². The molecule has 0 unspecified atom stereocenters. The van der Waals surface area contributed by atoms with Gasteiger partial charge in [-0.1, -0.05) is 31.2 Å². The SMILES string of the molecule is CC[C@H](NC(=O)[C@H](C)N(c1ccc(C)c(C)c1)S(C)(=O)=O)c1ccc2c(c1)CCCC2. The zero-order valence-electron chi connectivity index (χ0n) is 19.2. The molecule has 3 rings (SSSR count). The van der Waals surface area contributed by atoms with Crippen molar-refractivity contribution in [2.75, 3.05) is 10.6 Å². The van der Waals surface area contributed by atoms with Gasteiger partial charge >= 0.3 is 0 Å². The molecule has 1 aliphatic rings. The van der Waals surface area contributed by atoms with Crippen molar-refractivity contribution in [3.63, 3.8) is 0 Å². The highest BCUT2D eigenvalue weighted by Crippen LogP contribution is 2.27. The van der Waals surface area contributed by atoms with E-state index in [1.807, 2.05) is 32.9 Å². The van der Waals surface area contributed by atoms with Gasteiger partial charge in [0.25, 0.3) is 0 Å². The Labute approximate surface area is 186 Å². The first-order chi connectivity index (χ1) is 14.6. The fraction of sp³-hybridized carbons (Fsp3) is 0.480. The molecule has 0 aliphatic heterocycles. The molecule has 0 aromatic heterocycles. The van der Waals surface area contributed by atoms with Gasteiger partial charge < -0.3 is 5.32 Å². The van der Waals surface area contributed by atoms with Crippen LogP contribution in [0.3, 0.4) is 0 Å². The molecule has 0 spiro atoms. The summed E-state index contributed by atoms with van der Waals surface area (Å²) in [5.74, 6) is -0.298. The lowest BCUT2D eigenvalue weighted by atomic mass is 9.88. The monoisotopic (exact) mass is 442 g/mol. The summed E-state index contributed by atoms with van der Waals surface area (Å²) in [5, 5.41) is 3.09. The number of fused-ring (bicyclic) bond motifs is 1. The summed E-state index contributed by atoms with van der Waals surface area (Å²) in [6.07, 6.45) is 6.52. The Morgan fingerprint density at radius 2 is 1.71 bits per heavy atom. The van der Waals surface area contributed by atoms with E-state index in [1.54, 1.807) is 13.0 Å². The van der Waals surface area contributed by atoms with Gasteiger partial charge in [-0.25, -0.2) is 8.42 Å². The van der Waals surface area contributed by atoms with Crippen LogP contribution in [0.1, 0.15) is 67.0 Å². The second-order valence-electron chi connectivity index (χ2n) is 8.71. The van der Waals surface area contributed by atoms with E-state index in [2.05, 4.69) is 23.5 Å². The van der Waals surface area contributed by atoms with Gasteiger partial charge in [0.15, 0.2) is 0 Å². The van der Waals surface area contributed by atoms with E-state index in [4.69, 9.17) is 0 Å². The van der Waals surface area contributed by atoms with Crippen molar-refractivity contribution >= 4 is 21.6 Å². The number of carbonyl (C=O) groups is 1. The summed E-state index contributed by atoms with van der Waals surface area (Å²) in [4.78, 5) is 13.2. The first-order valence-corrected chi connectivity index (χ1v) is 13.0. The predicted molar refractivity (Wildman–Crippen MR) is 127 cm³/mol. The van der Waals surface area contributed by atoms with E-state index in [0.29, 0.717) is 5.69 Å². The highest BCUT2D eigenvalue weighted by atomic mass is 32.2. The number of rotatable bonds is 7. The Morgan fingerprint density at radius 1 is 1.03 bits per heavy atom. The Morgan fingerprint density at radius 3 is 2.32 bits per heavy atom. The maximum atomic E-state index is 13.2. The van der Waals surface area contributed by atoms with Gasteiger partial charge in [-0.15, -0.1) is 0 Å². The predicted octanol–water partition coefficient (Wildman–Crippen LogP) is 4.60. The molecular weight excluding hydrogens is 408 g/mol. The average Bonchev–Trinajstić information content (AvgIpc) is 2.73. The van der Waals surface area contributed by atoms with E-state index < -0.39 is 16.1 Å². The van der Waals surface area contributed by atoms with Crippen molar-refractivity contribution in [1.29, 1.82) is 0 Å². The molecule has 0 bridgehead atoms. The van der Waals surface area contributed by atoms with Crippen LogP contribution in [-0.2, 0) is 27.7 Å². The number of anilines is 1. The van der Waals surface area contributed by atoms with Crippen molar-refractivity contribution in [2.45, 2.75) is 71.9 Å². The molecule has 2 aromatic rings. The van der Waals surface area contributed by atoms with Crippen LogP contribution in [0.4, 0.5) is 5.69 Å². The summed E-state index contributed by atoms with van der Waals surface area (Å²) < 4.78 is 26.4. The number of nitrogens with zero attached hydrogens (tertiary/aromatic N) is 1. The third-order valence-corrected chi connectivity index (χ3v) is 7.57. The summed E-state index contributed by atoms with van der Waals surface area (Å²) in [7, 11) is -3.64. The maximum absolute atomic E-state index is 13.2. The van der Waals surface area contributed by atoms with Crippen molar-refractivity contribution in [3.05, 3.63) is 64.2 Å². The van der Waals surface area contributed by atoms with E-state index in [9.17, 15) is 13.2 Å². The molecule has 0 saturated carbocycles. The minimum atomic E-state index is -3.64. The summed E-state index contributed by atoms with van der Waals surface area (Å²) >= 11 is 0. The van der Waals surface area contributed by atoms with Crippen LogP contribution >= 0.6 is 0 Å². The van der Waals surface area contributed by atoms with Crippen LogP contribution in [0.2, 0.25) is 0 Å². The summed E-state index contributed by atoms with van der Waals surface area (Å²) in [6, 6.07) is 10.9. The van der Waals surface area contributed by atoms with Gasteiger partial charge in [0, 0.05) is 0 Å².